The monoisotopic (exact) mass is 258 g/mol. The first kappa shape index (κ1) is 13.7. The Bertz CT molecular complexity index is 349. The molecule has 0 amide bonds. The predicted molar refractivity (Wildman–Crippen MR) is 47.8 cm³/mol. The van der Waals surface area contributed by atoms with Gasteiger partial charge in [-0.05, 0) is 29.3 Å². The molecule has 1 rings (SSSR count). The summed E-state index contributed by atoms with van der Waals surface area (Å²) in [6.45, 7) is 0. The van der Waals surface area contributed by atoms with Crippen LogP contribution in [-0.2, 0) is 0 Å². The zero-order chi connectivity index (χ0) is 13.2. The van der Waals surface area contributed by atoms with Crippen LogP contribution in [0, 0.1) is 0 Å². The summed E-state index contributed by atoms with van der Waals surface area (Å²) in [7, 11) is 0. The lowest BCUT2D eigenvalue weighted by Gasteiger charge is -2.12. The van der Waals surface area contributed by atoms with Crippen molar-refractivity contribution in [2.24, 2.45) is 0 Å². The van der Waals surface area contributed by atoms with Gasteiger partial charge in [0.1, 0.15) is 5.75 Å². The molecule has 7 heteroatoms. The van der Waals surface area contributed by atoms with Crippen LogP contribution in [0.5, 0.6) is 5.75 Å². The van der Waals surface area contributed by atoms with E-state index >= 15 is 0 Å². The van der Waals surface area contributed by atoms with E-state index in [2.05, 4.69) is 0 Å². The van der Waals surface area contributed by atoms with E-state index in [4.69, 9.17) is 5.11 Å². The Hall–Kier alpha value is -1.40. The van der Waals surface area contributed by atoms with Gasteiger partial charge in [-0.1, -0.05) is 0 Å². The Morgan fingerprint density at radius 1 is 0.706 bits per heavy atom. The lowest BCUT2D eigenvalue weighted by atomic mass is 10.0. The predicted octanol–water partition coefficient (Wildman–Crippen LogP) is 3.94. The number of hydrogen-bond donors (Lipinski definition) is 1. The first-order valence-electron chi connectivity index (χ1n) is 4.51. The molecule has 0 aliphatic carbocycles. The van der Waals surface area contributed by atoms with Crippen LogP contribution in [0.25, 0.3) is 0 Å². The summed E-state index contributed by atoms with van der Waals surface area (Å²) in [4.78, 5) is 0. The van der Waals surface area contributed by atoms with Gasteiger partial charge in [0, 0.05) is 0 Å². The van der Waals surface area contributed by atoms with E-state index in [0.29, 0.717) is 18.2 Å². The van der Waals surface area contributed by atoms with Gasteiger partial charge in [-0.3, -0.25) is 0 Å². The van der Waals surface area contributed by atoms with Crippen LogP contribution in [-0.4, -0.2) is 18.0 Å². The average molecular weight is 258 g/mol. The maximum absolute atomic E-state index is 12.9. The minimum atomic E-state index is -3.38. The van der Waals surface area contributed by atoms with Gasteiger partial charge >= 0.3 is 0 Å². The molecule has 0 fully saturated rings. The first-order valence-corrected chi connectivity index (χ1v) is 4.51. The maximum Gasteiger partial charge on any atom is 0.273 e. The van der Waals surface area contributed by atoms with E-state index in [-0.39, 0.29) is 0 Å². The molecule has 96 valence electrons. The largest absolute Gasteiger partial charge is 0.508 e. The van der Waals surface area contributed by atoms with Gasteiger partial charge < -0.3 is 5.11 Å². The minimum absolute atomic E-state index is 0.549. The van der Waals surface area contributed by atoms with Gasteiger partial charge in [0.15, 0.2) is 12.3 Å². The van der Waals surface area contributed by atoms with E-state index in [1.54, 1.807) is 0 Å². The molecule has 0 bridgehead atoms. The number of rotatable bonds is 4. The smallest absolute Gasteiger partial charge is 0.273 e. The molecule has 0 aliphatic heterocycles. The van der Waals surface area contributed by atoms with Crippen LogP contribution in [0.3, 0.4) is 0 Å². The van der Waals surface area contributed by atoms with Crippen molar-refractivity contribution in [3.8, 4) is 5.75 Å². The molecule has 0 saturated carbocycles. The third kappa shape index (κ3) is 3.28. The highest BCUT2D eigenvalue weighted by Gasteiger charge is 2.26. The topological polar surface area (TPSA) is 20.2 Å². The van der Waals surface area contributed by atoms with Crippen LogP contribution < -0.4 is 0 Å². The van der Waals surface area contributed by atoms with Crippen LogP contribution in [0.15, 0.2) is 18.2 Å². The summed E-state index contributed by atoms with van der Waals surface area (Å²) >= 11 is 0. The third-order valence-electron chi connectivity index (χ3n) is 2.04. The Labute approximate surface area is 92.7 Å². The van der Waals surface area contributed by atoms with Gasteiger partial charge in [-0.25, -0.2) is 26.3 Å². The number of alkyl halides is 6. The fraction of sp³-hybridized carbons (Fsp3) is 0.400. The molecule has 1 nitrogen and oxygen atoms in total. The summed E-state index contributed by atoms with van der Waals surface area (Å²) in [5.74, 6) is -0.746. The highest BCUT2D eigenvalue weighted by molar-refractivity contribution is 5.36. The van der Waals surface area contributed by atoms with Gasteiger partial charge in [-0.15, -0.1) is 0 Å². The molecular weight excluding hydrogens is 250 g/mol. The second kappa shape index (κ2) is 5.29. The van der Waals surface area contributed by atoms with Gasteiger partial charge in [-0.2, -0.15) is 0 Å². The second-order valence-electron chi connectivity index (χ2n) is 3.33. The van der Waals surface area contributed by atoms with E-state index in [9.17, 15) is 26.3 Å². The molecule has 0 aromatic heterocycles. The quantitative estimate of drug-likeness (QED) is 0.811. The first-order chi connectivity index (χ1) is 7.82. The Kier molecular flexibility index (Phi) is 4.25. The molecule has 2 unspecified atom stereocenters. The minimum Gasteiger partial charge on any atom is -0.508 e. The molecule has 0 radical (unpaired) electrons. The summed E-state index contributed by atoms with van der Waals surface area (Å²) in [5, 5.41) is 9.03. The second-order valence-corrected chi connectivity index (χ2v) is 3.33. The van der Waals surface area contributed by atoms with E-state index < -0.39 is 42.1 Å². The van der Waals surface area contributed by atoms with Gasteiger partial charge in [0.25, 0.3) is 12.9 Å². The van der Waals surface area contributed by atoms with E-state index in [0.717, 1.165) is 0 Å². The number of benzene rings is 1. The SMILES string of the molecule is Oc1cc(C(F)C(F)F)cc(C(F)C(F)F)c1. The van der Waals surface area contributed by atoms with Gasteiger partial charge in [0.2, 0.25) is 0 Å². The highest BCUT2D eigenvalue weighted by Crippen LogP contribution is 2.33. The maximum atomic E-state index is 12.9. The van der Waals surface area contributed by atoms with Crippen molar-refractivity contribution < 1.29 is 31.4 Å². The molecular formula is C10H8F6O. The van der Waals surface area contributed by atoms with Crippen molar-refractivity contribution in [1.82, 2.24) is 0 Å². The molecule has 2 atom stereocenters. The molecule has 17 heavy (non-hydrogen) atoms. The van der Waals surface area contributed by atoms with Crippen molar-refractivity contribution in [3.05, 3.63) is 29.3 Å². The zero-order valence-corrected chi connectivity index (χ0v) is 8.26. The number of phenolic OH excluding ortho intramolecular Hbond substituents is 1. The van der Waals surface area contributed by atoms with Crippen LogP contribution in [0.2, 0.25) is 0 Å². The number of halogens is 6. The highest BCUT2D eigenvalue weighted by atomic mass is 19.3. The normalized spacial score (nSPS) is 15.3. The fourth-order valence-electron chi connectivity index (χ4n) is 1.27. The van der Waals surface area contributed by atoms with Crippen molar-refractivity contribution in [1.29, 1.82) is 0 Å². The molecule has 0 saturated heterocycles. The van der Waals surface area contributed by atoms with Crippen molar-refractivity contribution >= 4 is 0 Å². The lowest BCUT2D eigenvalue weighted by Crippen LogP contribution is -2.07. The van der Waals surface area contributed by atoms with Crippen molar-refractivity contribution in [3.63, 3.8) is 0 Å². The fourth-order valence-corrected chi connectivity index (χ4v) is 1.27. The van der Waals surface area contributed by atoms with Gasteiger partial charge in [0.05, 0.1) is 0 Å². The standard InChI is InChI=1S/C10H8F6O/c11-7(9(13)14)4-1-5(3-6(17)2-4)8(12)10(15)16/h1-3,7-10,17H. The molecule has 0 aliphatic rings. The molecule has 1 aromatic rings. The van der Waals surface area contributed by atoms with Crippen LogP contribution in [0.1, 0.15) is 23.5 Å². The number of hydrogen-bond acceptors (Lipinski definition) is 1. The van der Waals surface area contributed by atoms with Crippen molar-refractivity contribution in [2.75, 3.05) is 0 Å². The number of aromatic hydroxyl groups is 1. The van der Waals surface area contributed by atoms with Crippen LogP contribution >= 0.6 is 0 Å². The van der Waals surface area contributed by atoms with E-state index in [1.165, 1.54) is 0 Å². The molecule has 1 N–H and O–H groups in total. The Morgan fingerprint density at radius 2 is 1.06 bits per heavy atom. The Balaban J connectivity index is 3.10. The number of phenols is 1. The molecule has 1 aromatic carbocycles. The molecule has 0 spiro atoms. The van der Waals surface area contributed by atoms with Crippen molar-refractivity contribution in [2.45, 2.75) is 25.2 Å². The summed E-state index contributed by atoms with van der Waals surface area (Å²) in [5.41, 5.74) is -1.48. The zero-order valence-electron chi connectivity index (χ0n) is 8.26. The lowest BCUT2D eigenvalue weighted by molar-refractivity contribution is 0.0459. The summed E-state index contributed by atoms with van der Waals surface area (Å²) < 4.78 is 74.0. The summed E-state index contributed by atoms with van der Waals surface area (Å²) in [6.07, 6.45) is -12.3. The summed E-state index contributed by atoms with van der Waals surface area (Å²) in [6, 6.07) is 1.82. The third-order valence-corrected chi connectivity index (χ3v) is 2.04. The average Bonchev–Trinajstić information content (AvgIpc) is 2.25. The Morgan fingerprint density at radius 3 is 1.35 bits per heavy atom. The van der Waals surface area contributed by atoms with E-state index in [1.807, 2.05) is 0 Å². The molecule has 0 heterocycles. The van der Waals surface area contributed by atoms with Crippen LogP contribution in [0.4, 0.5) is 26.3 Å².